The van der Waals surface area contributed by atoms with Crippen LogP contribution in [-0.2, 0) is 11.5 Å². The third-order valence-electron chi connectivity index (χ3n) is 2.80. The summed E-state index contributed by atoms with van der Waals surface area (Å²) in [4.78, 5) is 13.8. The average molecular weight is 278 g/mol. The van der Waals surface area contributed by atoms with E-state index in [-0.39, 0.29) is 5.91 Å². The maximum Gasteiger partial charge on any atom is 0.246 e. The van der Waals surface area contributed by atoms with E-state index in [1.54, 1.807) is 22.7 Å². The molecule has 4 nitrogen and oxygen atoms in total. The summed E-state index contributed by atoms with van der Waals surface area (Å²) in [5.41, 5.74) is 1.97. The summed E-state index contributed by atoms with van der Waals surface area (Å²) in [5.74, 6) is -0.138. The number of anilines is 1. The summed E-state index contributed by atoms with van der Waals surface area (Å²) in [6, 6.07) is 9.59. The second-order valence-electron chi connectivity index (χ2n) is 4.40. The van der Waals surface area contributed by atoms with Gasteiger partial charge >= 0.3 is 0 Å². The summed E-state index contributed by atoms with van der Waals surface area (Å²) in [6.07, 6.45) is 3.50. The Morgan fingerprint density at radius 1 is 1.42 bits per heavy atom. The van der Waals surface area contributed by atoms with E-state index >= 15 is 0 Å². The second kappa shape index (κ2) is 5.89. The van der Waals surface area contributed by atoms with Crippen LogP contribution in [0.5, 0.6) is 0 Å². The molecular weight excluding hydrogens is 262 g/mol. The molecule has 0 saturated heterocycles. The number of halogens is 1. The van der Waals surface area contributed by atoms with Crippen LogP contribution in [0.3, 0.4) is 0 Å². The first-order chi connectivity index (χ1) is 9.08. The number of alkyl halides is 1. The Labute approximate surface area is 117 Å². The molecule has 2 rings (SSSR count). The number of hydrogen-bond donors (Lipinski definition) is 0. The molecule has 0 saturated carbocycles. The standard InChI is InChI=1S/C14H16ClN3O/c1-11-4-6-13(7-5-11)18(14(19)12(2)15)10-17-9-3-8-16-17/h3-9,12H,10H2,1-2H3. The monoisotopic (exact) mass is 277 g/mol. The fraction of sp³-hybridized carbons (Fsp3) is 0.286. The van der Waals surface area contributed by atoms with Crippen molar-refractivity contribution < 1.29 is 4.79 Å². The molecule has 100 valence electrons. The number of nitrogens with zero attached hydrogens (tertiary/aromatic N) is 3. The second-order valence-corrected chi connectivity index (χ2v) is 5.06. The van der Waals surface area contributed by atoms with Gasteiger partial charge in [-0.3, -0.25) is 14.4 Å². The van der Waals surface area contributed by atoms with Gasteiger partial charge < -0.3 is 0 Å². The molecule has 1 unspecified atom stereocenters. The lowest BCUT2D eigenvalue weighted by Gasteiger charge is -2.24. The molecule has 1 atom stereocenters. The lowest BCUT2D eigenvalue weighted by atomic mass is 10.2. The lowest BCUT2D eigenvalue weighted by molar-refractivity contribution is -0.118. The third-order valence-corrected chi connectivity index (χ3v) is 2.98. The van der Waals surface area contributed by atoms with Gasteiger partial charge in [-0.2, -0.15) is 5.10 Å². The van der Waals surface area contributed by atoms with Gasteiger partial charge in [0, 0.05) is 18.1 Å². The number of carbonyl (C=O) groups excluding carboxylic acids is 1. The molecule has 0 fully saturated rings. The highest BCUT2D eigenvalue weighted by Gasteiger charge is 2.20. The van der Waals surface area contributed by atoms with E-state index in [1.807, 2.05) is 43.5 Å². The van der Waals surface area contributed by atoms with Gasteiger partial charge in [0.25, 0.3) is 0 Å². The van der Waals surface area contributed by atoms with Gasteiger partial charge in [-0.15, -0.1) is 11.6 Å². The van der Waals surface area contributed by atoms with Crippen LogP contribution in [0, 0.1) is 6.92 Å². The fourth-order valence-electron chi connectivity index (χ4n) is 1.75. The molecule has 0 aliphatic heterocycles. The number of carbonyl (C=O) groups is 1. The van der Waals surface area contributed by atoms with E-state index in [2.05, 4.69) is 5.10 Å². The van der Waals surface area contributed by atoms with Crippen molar-refractivity contribution in [3.63, 3.8) is 0 Å². The minimum Gasteiger partial charge on any atom is -0.291 e. The maximum absolute atomic E-state index is 12.2. The van der Waals surface area contributed by atoms with Crippen LogP contribution in [0.2, 0.25) is 0 Å². The molecule has 0 aliphatic carbocycles. The van der Waals surface area contributed by atoms with E-state index in [0.717, 1.165) is 11.3 Å². The molecule has 0 radical (unpaired) electrons. The molecule has 0 aliphatic rings. The molecule has 0 N–H and O–H groups in total. The number of amides is 1. The van der Waals surface area contributed by atoms with Gasteiger partial charge in [0.05, 0.1) is 0 Å². The van der Waals surface area contributed by atoms with Crippen LogP contribution in [0.4, 0.5) is 5.69 Å². The Hall–Kier alpha value is -1.81. The molecule has 1 aromatic heterocycles. The molecule has 1 aromatic carbocycles. The van der Waals surface area contributed by atoms with Gasteiger partial charge in [-0.25, -0.2) is 0 Å². The van der Waals surface area contributed by atoms with Crippen LogP contribution < -0.4 is 4.90 Å². The highest BCUT2D eigenvalue weighted by atomic mass is 35.5. The molecular formula is C14H16ClN3O. The largest absolute Gasteiger partial charge is 0.291 e. The Balaban J connectivity index is 2.28. The summed E-state index contributed by atoms with van der Waals surface area (Å²) in [5, 5.41) is 3.55. The molecule has 0 spiro atoms. The van der Waals surface area contributed by atoms with Gasteiger partial charge in [-0.05, 0) is 32.0 Å². The van der Waals surface area contributed by atoms with Gasteiger partial charge in [0.15, 0.2) is 0 Å². The van der Waals surface area contributed by atoms with Crippen molar-refractivity contribution in [3.05, 3.63) is 48.3 Å². The molecule has 1 amide bonds. The summed E-state index contributed by atoms with van der Waals surface area (Å²) in [7, 11) is 0. The summed E-state index contributed by atoms with van der Waals surface area (Å²) >= 11 is 5.92. The third kappa shape index (κ3) is 3.35. The Kier molecular flexibility index (Phi) is 4.22. The summed E-state index contributed by atoms with van der Waals surface area (Å²) in [6.45, 7) is 4.04. The molecule has 19 heavy (non-hydrogen) atoms. The molecule has 2 aromatic rings. The van der Waals surface area contributed by atoms with Crippen molar-refractivity contribution in [2.75, 3.05) is 4.90 Å². The van der Waals surface area contributed by atoms with Gasteiger partial charge in [-0.1, -0.05) is 17.7 Å². The van der Waals surface area contributed by atoms with E-state index in [4.69, 9.17) is 11.6 Å². The Morgan fingerprint density at radius 3 is 2.63 bits per heavy atom. The molecule has 1 heterocycles. The first kappa shape index (κ1) is 13.6. The van der Waals surface area contributed by atoms with Crippen molar-refractivity contribution in [2.45, 2.75) is 25.9 Å². The van der Waals surface area contributed by atoms with E-state index in [0.29, 0.717) is 6.67 Å². The molecule has 0 bridgehead atoms. The minimum atomic E-state index is -0.572. The van der Waals surface area contributed by atoms with Crippen molar-refractivity contribution in [1.29, 1.82) is 0 Å². The predicted molar refractivity (Wildman–Crippen MR) is 76.2 cm³/mol. The quantitative estimate of drug-likeness (QED) is 0.806. The Morgan fingerprint density at radius 2 is 2.11 bits per heavy atom. The highest BCUT2D eigenvalue weighted by molar-refractivity contribution is 6.32. The molecule has 5 heteroatoms. The maximum atomic E-state index is 12.2. The number of hydrogen-bond acceptors (Lipinski definition) is 2. The SMILES string of the molecule is Cc1ccc(N(Cn2cccn2)C(=O)C(C)Cl)cc1. The Bertz CT molecular complexity index is 534. The topological polar surface area (TPSA) is 38.1 Å². The first-order valence-corrected chi connectivity index (χ1v) is 6.51. The average Bonchev–Trinajstić information content (AvgIpc) is 2.89. The van der Waals surface area contributed by atoms with Crippen LogP contribution >= 0.6 is 11.6 Å². The highest BCUT2D eigenvalue weighted by Crippen LogP contribution is 2.18. The number of aryl methyl sites for hydroxylation is 1. The fourth-order valence-corrected chi connectivity index (χ4v) is 1.86. The van der Waals surface area contributed by atoms with E-state index in [9.17, 15) is 4.79 Å². The zero-order valence-corrected chi connectivity index (χ0v) is 11.7. The first-order valence-electron chi connectivity index (χ1n) is 6.07. The van der Waals surface area contributed by atoms with E-state index in [1.165, 1.54) is 0 Å². The van der Waals surface area contributed by atoms with Crippen molar-refractivity contribution in [3.8, 4) is 0 Å². The number of rotatable bonds is 4. The van der Waals surface area contributed by atoms with Crippen LogP contribution in [-0.4, -0.2) is 21.1 Å². The number of aromatic nitrogens is 2. The lowest BCUT2D eigenvalue weighted by Crippen LogP contribution is -2.37. The zero-order chi connectivity index (χ0) is 13.8. The van der Waals surface area contributed by atoms with Crippen molar-refractivity contribution in [1.82, 2.24) is 9.78 Å². The normalized spacial score (nSPS) is 12.2. The van der Waals surface area contributed by atoms with Crippen LogP contribution in [0.15, 0.2) is 42.7 Å². The predicted octanol–water partition coefficient (Wildman–Crippen LogP) is 2.81. The van der Waals surface area contributed by atoms with Crippen LogP contribution in [0.1, 0.15) is 12.5 Å². The van der Waals surface area contributed by atoms with Gasteiger partial charge in [0.1, 0.15) is 12.0 Å². The zero-order valence-electron chi connectivity index (χ0n) is 11.0. The van der Waals surface area contributed by atoms with Gasteiger partial charge in [0.2, 0.25) is 5.91 Å². The summed E-state index contributed by atoms with van der Waals surface area (Å²) < 4.78 is 1.69. The smallest absolute Gasteiger partial charge is 0.246 e. The van der Waals surface area contributed by atoms with Crippen molar-refractivity contribution in [2.24, 2.45) is 0 Å². The van der Waals surface area contributed by atoms with Crippen LogP contribution in [0.25, 0.3) is 0 Å². The van der Waals surface area contributed by atoms with E-state index < -0.39 is 5.38 Å². The van der Waals surface area contributed by atoms with Crippen molar-refractivity contribution >= 4 is 23.2 Å². The number of benzene rings is 1. The minimum absolute atomic E-state index is 0.138.